The van der Waals surface area contributed by atoms with Crippen molar-refractivity contribution in [1.82, 2.24) is 4.98 Å². The Hall–Kier alpha value is -0.960. The van der Waals surface area contributed by atoms with Crippen LogP contribution in [0.15, 0.2) is 16.6 Å². The predicted molar refractivity (Wildman–Crippen MR) is 68.3 cm³/mol. The van der Waals surface area contributed by atoms with Crippen LogP contribution >= 0.6 is 15.9 Å². The summed E-state index contributed by atoms with van der Waals surface area (Å²) in [6, 6.07) is 3.30. The highest BCUT2D eigenvalue weighted by molar-refractivity contribution is 9.10. The highest BCUT2D eigenvalue weighted by atomic mass is 79.9. The number of pyridine rings is 1. The molecule has 0 N–H and O–H groups in total. The zero-order chi connectivity index (χ0) is 11.9. The summed E-state index contributed by atoms with van der Waals surface area (Å²) in [6.07, 6.45) is 0.900. The minimum atomic E-state index is -0.235. The molecule has 3 heteroatoms. The third-order valence-corrected chi connectivity index (χ3v) is 3.64. The zero-order valence-electron chi connectivity index (χ0n) is 9.56. The maximum Gasteiger partial charge on any atom is 0.138 e. The number of fused-ring (bicyclic) bond motifs is 1. The Morgan fingerprint density at radius 2 is 1.94 bits per heavy atom. The first kappa shape index (κ1) is 11.5. The summed E-state index contributed by atoms with van der Waals surface area (Å²) in [6.45, 7) is 6.14. The molecule has 0 atom stereocenters. The number of halogens is 2. The first-order valence-electron chi connectivity index (χ1n) is 5.29. The molecule has 0 aliphatic carbocycles. The van der Waals surface area contributed by atoms with Gasteiger partial charge in [-0.1, -0.05) is 6.92 Å². The zero-order valence-corrected chi connectivity index (χ0v) is 11.2. The third-order valence-electron chi connectivity index (χ3n) is 3.03. The number of hydrogen-bond acceptors (Lipinski definition) is 1. The summed E-state index contributed by atoms with van der Waals surface area (Å²) in [5.41, 5.74) is 4.22. The number of benzene rings is 1. The molecule has 2 rings (SSSR count). The first-order valence-corrected chi connectivity index (χ1v) is 6.08. The van der Waals surface area contributed by atoms with E-state index in [1.807, 2.05) is 13.8 Å². The number of nitrogens with zero attached hydrogens (tertiary/aromatic N) is 1. The topological polar surface area (TPSA) is 12.9 Å². The molecule has 0 amide bonds. The molecule has 0 bridgehead atoms. The second-order valence-corrected chi connectivity index (χ2v) is 4.80. The van der Waals surface area contributed by atoms with Crippen LogP contribution in [0.4, 0.5) is 4.39 Å². The molecule has 1 aromatic carbocycles. The van der Waals surface area contributed by atoms with Gasteiger partial charge in [0.05, 0.1) is 9.99 Å². The van der Waals surface area contributed by atoms with Gasteiger partial charge in [0.25, 0.3) is 0 Å². The van der Waals surface area contributed by atoms with E-state index in [-0.39, 0.29) is 5.82 Å². The van der Waals surface area contributed by atoms with Crippen molar-refractivity contribution in [2.45, 2.75) is 27.2 Å². The SMILES string of the molecule is CCc1nc2cc(Br)c(F)cc2c(C)c1C. The molecule has 0 saturated carbocycles. The van der Waals surface area contributed by atoms with Gasteiger partial charge in [-0.05, 0) is 59.5 Å². The fourth-order valence-corrected chi connectivity index (χ4v) is 2.25. The Kier molecular flexibility index (Phi) is 2.98. The lowest BCUT2D eigenvalue weighted by Crippen LogP contribution is -1.97. The molecule has 0 aliphatic heterocycles. The summed E-state index contributed by atoms with van der Waals surface area (Å²) >= 11 is 3.19. The molecular formula is C13H13BrFN. The van der Waals surface area contributed by atoms with Crippen molar-refractivity contribution in [2.75, 3.05) is 0 Å². The van der Waals surface area contributed by atoms with Gasteiger partial charge in [-0.15, -0.1) is 0 Å². The molecule has 0 fully saturated rings. The smallest absolute Gasteiger partial charge is 0.138 e. The quantitative estimate of drug-likeness (QED) is 0.759. The van der Waals surface area contributed by atoms with E-state index < -0.39 is 0 Å². The number of aryl methyl sites for hydroxylation is 2. The van der Waals surface area contributed by atoms with Gasteiger partial charge in [-0.2, -0.15) is 0 Å². The Labute approximate surface area is 103 Å². The van der Waals surface area contributed by atoms with Crippen LogP contribution in [-0.4, -0.2) is 4.98 Å². The van der Waals surface area contributed by atoms with E-state index in [0.717, 1.165) is 34.1 Å². The summed E-state index contributed by atoms with van der Waals surface area (Å²) in [5, 5.41) is 0.899. The van der Waals surface area contributed by atoms with Gasteiger partial charge in [0.1, 0.15) is 5.82 Å². The minimum Gasteiger partial charge on any atom is -0.253 e. The van der Waals surface area contributed by atoms with Crippen molar-refractivity contribution >= 4 is 26.8 Å². The first-order chi connectivity index (χ1) is 7.54. The lowest BCUT2D eigenvalue weighted by atomic mass is 10.0. The maximum absolute atomic E-state index is 13.5. The standard InChI is InChI=1S/C13H13BrFN/c1-4-12-8(3)7(2)9-5-11(15)10(14)6-13(9)16-12/h5-6H,4H2,1-3H3. The Morgan fingerprint density at radius 1 is 1.25 bits per heavy atom. The average Bonchev–Trinajstić information content (AvgIpc) is 2.26. The Bertz CT molecular complexity index is 564. The number of hydrogen-bond donors (Lipinski definition) is 0. The predicted octanol–water partition coefficient (Wildman–Crippen LogP) is 4.32. The van der Waals surface area contributed by atoms with E-state index in [2.05, 4.69) is 27.8 Å². The molecular weight excluding hydrogens is 269 g/mol. The van der Waals surface area contributed by atoms with Gasteiger partial charge in [-0.25, -0.2) is 4.39 Å². The second kappa shape index (κ2) is 4.13. The van der Waals surface area contributed by atoms with Crippen molar-refractivity contribution in [3.63, 3.8) is 0 Å². The van der Waals surface area contributed by atoms with Crippen LogP contribution in [0.3, 0.4) is 0 Å². The molecule has 2 aromatic rings. The highest BCUT2D eigenvalue weighted by Gasteiger charge is 2.10. The van der Waals surface area contributed by atoms with Crippen LogP contribution in [-0.2, 0) is 6.42 Å². The minimum absolute atomic E-state index is 0.235. The van der Waals surface area contributed by atoms with Crippen LogP contribution in [0.25, 0.3) is 10.9 Å². The lowest BCUT2D eigenvalue weighted by molar-refractivity contribution is 0.623. The van der Waals surface area contributed by atoms with Gasteiger partial charge >= 0.3 is 0 Å². The van der Waals surface area contributed by atoms with Crippen LogP contribution in [0.1, 0.15) is 23.7 Å². The molecule has 0 aliphatic rings. The third kappa shape index (κ3) is 1.73. The van der Waals surface area contributed by atoms with Gasteiger partial charge in [0.15, 0.2) is 0 Å². The fraction of sp³-hybridized carbons (Fsp3) is 0.308. The molecule has 0 saturated heterocycles. The Morgan fingerprint density at radius 3 is 2.56 bits per heavy atom. The van der Waals surface area contributed by atoms with Gasteiger partial charge < -0.3 is 0 Å². The lowest BCUT2D eigenvalue weighted by Gasteiger charge is -2.10. The Balaban J connectivity index is 2.87. The van der Waals surface area contributed by atoms with Crippen molar-refractivity contribution in [3.05, 3.63) is 39.2 Å². The number of rotatable bonds is 1. The average molecular weight is 282 g/mol. The molecule has 0 unspecified atom stereocenters. The van der Waals surface area contributed by atoms with Gasteiger partial charge in [-0.3, -0.25) is 4.98 Å². The van der Waals surface area contributed by atoms with Crippen molar-refractivity contribution in [3.8, 4) is 0 Å². The van der Waals surface area contributed by atoms with Gasteiger partial charge in [0, 0.05) is 11.1 Å². The van der Waals surface area contributed by atoms with Crippen molar-refractivity contribution < 1.29 is 4.39 Å². The van der Waals surface area contributed by atoms with E-state index in [4.69, 9.17) is 0 Å². The maximum atomic E-state index is 13.5. The molecule has 84 valence electrons. The van der Waals surface area contributed by atoms with E-state index >= 15 is 0 Å². The molecule has 16 heavy (non-hydrogen) atoms. The van der Waals surface area contributed by atoms with E-state index in [1.54, 1.807) is 12.1 Å². The monoisotopic (exact) mass is 281 g/mol. The summed E-state index contributed by atoms with van der Waals surface area (Å²) < 4.78 is 13.9. The second-order valence-electron chi connectivity index (χ2n) is 3.95. The molecule has 1 aromatic heterocycles. The summed E-state index contributed by atoms with van der Waals surface area (Å²) in [5.74, 6) is -0.235. The van der Waals surface area contributed by atoms with Crippen LogP contribution in [0.5, 0.6) is 0 Å². The van der Waals surface area contributed by atoms with Crippen LogP contribution in [0, 0.1) is 19.7 Å². The van der Waals surface area contributed by atoms with Crippen LogP contribution in [0.2, 0.25) is 0 Å². The highest BCUT2D eigenvalue weighted by Crippen LogP contribution is 2.27. The molecule has 1 nitrogen and oxygen atoms in total. The summed E-state index contributed by atoms with van der Waals surface area (Å²) in [4.78, 5) is 4.56. The normalized spacial score (nSPS) is 11.1. The molecule has 0 radical (unpaired) electrons. The van der Waals surface area contributed by atoms with E-state index in [0.29, 0.717) is 4.47 Å². The fourth-order valence-electron chi connectivity index (χ4n) is 1.92. The van der Waals surface area contributed by atoms with Gasteiger partial charge in [0.2, 0.25) is 0 Å². The van der Waals surface area contributed by atoms with E-state index in [9.17, 15) is 4.39 Å². The van der Waals surface area contributed by atoms with Crippen molar-refractivity contribution in [2.24, 2.45) is 0 Å². The van der Waals surface area contributed by atoms with E-state index in [1.165, 1.54) is 0 Å². The largest absolute Gasteiger partial charge is 0.253 e. The van der Waals surface area contributed by atoms with Crippen LogP contribution < -0.4 is 0 Å². The number of aromatic nitrogens is 1. The van der Waals surface area contributed by atoms with Crippen molar-refractivity contribution in [1.29, 1.82) is 0 Å². The molecule has 1 heterocycles. The summed E-state index contributed by atoms with van der Waals surface area (Å²) in [7, 11) is 0. The molecule has 0 spiro atoms.